The molecule has 0 bridgehead atoms. The molecule has 4 aromatic rings. The third-order valence-electron chi connectivity index (χ3n) is 6.33. The van der Waals surface area contributed by atoms with Gasteiger partial charge in [0.05, 0.1) is 39.1 Å². The molecule has 1 aliphatic rings. The monoisotopic (exact) mass is 777 g/mol. The summed E-state index contributed by atoms with van der Waals surface area (Å²) in [6.07, 6.45) is 1.84. The number of ether oxygens (including phenoxy) is 2. The molecule has 3 aromatic carbocycles. The van der Waals surface area contributed by atoms with Crippen molar-refractivity contribution >= 4 is 74.2 Å². The summed E-state index contributed by atoms with van der Waals surface area (Å²) in [5.41, 5.74) is 2.99. The number of benzene rings is 3. The molecule has 0 saturated carbocycles. The molecule has 7 nitrogen and oxygen atoms in total. The van der Waals surface area contributed by atoms with E-state index in [1.54, 1.807) is 11.7 Å². The second kappa shape index (κ2) is 12.3. The van der Waals surface area contributed by atoms with Crippen molar-refractivity contribution in [1.82, 2.24) is 4.57 Å². The molecule has 1 aliphatic heterocycles. The second-order valence-electron chi connectivity index (χ2n) is 8.91. The Morgan fingerprint density at radius 1 is 1.12 bits per heavy atom. The van der Waals surface area contributed by atoms with Gasteiger partial charge in [-0.05, 0) is 107 Å². The van der Waals surface area contributed by atoms with Gasteiger partial charge in [-0.15, -0.1) is 0 Å². The van der Waals surface area contributed by atoms with Crippen LogP contribution in [-0.4, -0.2) is 24.2 Å². The molecule has 0 unspecified atom stereocenters. The number of fused-ring (bicyclic) bond motifs is 1. The van der Waals surface area contributed by atoms with Gasteiger partial charge in [0, 0.05) is 14.8 Å². The Kier molecular flexibility index (Phi) is 8.76. The molecule has 5 rings (SSSR count). The molecular formula is C30H25I2N3O4S. The first kappa shape index (κ1) is 28.6. The van der Waals surface area contributed by atoms with Gasteiger partial charge in [-0.1, -0.05) is 41.7 Å². The molecule has 2 heterocycles. The first-order chi connectivity index (χ1) is 19.3. The summed E-state index contributed by atoms with van der Waals surface area (Å²) >= 11 is 5.78. The summed E-state index contributed by atoms with van der Waals surface area (Å²) in [5, 5.41) is 2.98. The van der Waals surface area contributed by atoms with E-state index >= 15 is 0 Å². The first-order valence-corrected chi connectivity index (χ1v) is 15.4. The van der Waals surface area contributed by atoms with Gasteiger partial charge in [0.25, 0.3) is 11.5 Å². The highest BCUT2D eigenvalue weighted by atomic mass is 127. The Bertz CT molecular complexity index is 1800. The maximum atomic E-state index is 14.0. The van der Waals surface area contributed by atoms with E-state index in [0.29, 0.717) is 38.6 Å². The molecular weight excluding hydrogens is 752 g/mol. The minimum Gasteiger partial charge on any atom is -0.495 e. The lowest BCUT2D eigenvalue weighted by atomic mass is 9.95. The molecule has 0 aliphatic carbocycles. The van der Waals surface area contributed by atoms with Crippen molar-refractivity contribution < 1.29 is 14.3 Å². The van der Waals surface area contributed by atoms with Gasteiger partial charge < -0.3 is 14.8 Å². The van der Waals surface area contributed by atoms with E-state index in [0.717, 1.165) is 24.0 Å². The van der Waals surface area contributed by atoms with Gasteiger partial charge in [0.2, 0.25) is 0 Å². The fourth-order valence-corrected chi connectivity index (χ4v) is 7.75. The Morgan fingerprint density at radius 3 is 2.52 bits per heavy atom. The lowest BCUT2D eigenvalue weighted by molar-refractivity contribution is -0.113. The summed E-state index contributed by atoms with van der Waals surface area (Å²) in [7, 11) is 1.62. The van der Waals surface area contributed by atoms with Crippen LogP contribution in [0.5, 0.6) is 11.5 Å². The zero-order chi connectivity index (χ0) is 28.4. The van der Waals surface area contributed by atoms with E-state index in [4.69, 9.17) is 14.5 Å². The zero-order valence-corrected chi connectivity index (χ0v) is 27.0. The number of methoxy groups -OCH3 is 1. The van der Waals surface area contributed by atoms with E-state index in [-0.39, 0.29) is 11.5 Å². The summed E-state index contributed by atoms with van der Waals surface area (Å²) in [4.78, 5) is 33.0. The predicted molar refractivity (Wildman–Crippen MR) is 175 cm³/mol. The van der Waals surface area contributed by atoms with E-state index in [1.165, 1.54) is 11.3 Å². The highest BCUT2D eigenvalue weighted by Crippen LogP contribution is 2.32. The molecule has 10 heteroatoms. The quantitative estimate of drug-likeness (QED) is 0.252. The summed E-state index contributed by atoms with van der Waals surface area (Å²) in [5.74, 6) is 1.11. The number of para-hydroxylation sites is 1. The number of carbonyl (C=O) groups excluding carboxylic acids is 1. The number of allylic oxidation sites excluding steroid dienone is 1. The van der Waals surface area contributed by atoms with E-state index in [2.05, 4.69) is 50.5 Å². The molecule has 1 atom stereocenters. The number of anilines is 1. The van der Waals surface area contributed by atoms with Gasteiger partial charge in [-0.25, -0.2) is 4.99 Å². The van der Waals surface area contributed by atoms with Crippen LogP contribution in [0.15, 0.2) is 87.8 Å². The fraction of sp³-hybridized carbons (Fsp3) is 0.167. The Hall–Kier alpha value is -2.97. The van der Waals surface area contributed by atoms with Crippen molar-refractivity contribution in [3.63, 3.8) is 0 Å². The van der Waals surface area contributed by atoms with Crippen LogP contribution >= 0.6 is 56.5 Å². The van der Waals surface area contributed by atoms with Crippen molar-refractivity contribution in [2.45, 2.75) is 19.9 Å². The van der Waals surface area contributed by atoms with Gasteiger partial charge >= 0.3 is 0 Å². The van der Waals surface area contributed by atoms with Crippen LogP contribution in [0.2, 0.25) is 0 Å². The number of nitrogens with one attached hydrogen (secondary N) is 1. The fourth-order valence-electron chi connectivity index (χ4n) is 4.60. The number of thiazole rings is 1. The Labute approximate surface area is 262 Å². The van der Waals surface area contributed by atoms with Crippen LogP contribution in [0.1, 0.15) is 31.0 Å². The highest BCUT2D eigenvalue weighted by Gasteiger charge is 2.32. The van der Waals surface area contributed by atoms with Gasteiger partial charge in [-0.2, -0.15) is 0 Å². The van der Waals surface area contributed by atoms with Crippen molar-refractivity contribution in [2.75, 3.05) is 19.0 Å². The molecule has 204 valence electrons. The molecule has 1 amide bonds. The van der Waals surface area contributed by atoms with Crippen LogP contribution in [0, 0.1) is 7.14 Å². The molecule has 40 heavy (non-hydrogen) atoms. The Morgan fingerprint density at radius 2 is 1.85 bits per heavy atom. The van der Waals surface area contributed by atoms with Crippen LogP contribution in [-0.2, 0) is 4.79 Å². The number of nitrogens with zero attached hydrogens (tertiary/aromatic N) is 2. The molecule has 1 N–H and O–H groups in total. The summed E-state index contributed by atoms with van der Waals surface area (Å²) < 4.78 is 15.4. The van der Waals surface area contributed by atoms with E-state index in [9.17, 15) is 9.59 Å². The van der Waals surface area contributed by atoms with Gasteiger partial charge in [0.1, 0.15) is 11.5 Å². The number of hydrogen-bond donors (Lipinski definition) is 1. The van der Waals surface area contributed by atoms with Crippen LogP contribution in [0.3, 0.4) is 0 Å². The van der Waals surface area contributed by atoms with Crippen LogP contribution in [0.25, 0.3) is 6.08 Å². The average Bonchev–Trinajstić information content (AvgIpc) is 3.23. The molecule has 0 radical (unpaired) electrons. The number of rotatable bonds is 7. The topological polar surface area (TPSA) is 81.9 Å². The maximum absolute atomic E-state index is 14.0. The number of halogens is 2. The normalized spacial score (nSPS) is 14.9. The molecule has 1 aromatic heterocycles. The summed E-state index contributed by atoms with van der Waals surface area (Å²) in [6, 6.07) is 20.1. The van der Waals surface area contributed by atoms with Crippen molar-refractivity contribution in [1.29, 1.82) is 0 Å². The average molecular weight is 777 g/mol. The SMILES string of the molecule is CCOc1ccc([C@@H]2C(C(=O)Nc3ccccc3)=C(C)N=c3s/c(=C\c4cc(I)cc(I)c4OC)c(=O)n32)cc1. The van der Waals surface area contributed by atoms with Gasteiger partial charge in [0.15, 0.2) is 4.80 Å². The van der Waals surface area contributed by atoms with Crippen molar-refractivity contribution in [2.24, 2.45) is 4.99 Å². The smallest absolute Gasteiger partial charge is 0.271 e. The Balaban J connectivity index is 1.69. The molecule has 0 spiro atoms. The predicted octanol–water partition coefficient (Wildman–Crippen LogP) is 5.49. The van der Waals surface area contributed by atoms with E-state index < -0.39 is 6.04 Å². The third kappa shape index (κ3) is 5.75. The number of amides is 1. The standard InChI is InChI=1S/C30H25I2N3O4S/c1-4-39-22-12-10-18(11-13-22)26-25(28(36)34-21-8-6-5-7-9-21)17(2)33-30-35(26)29(37)24(40-30)15-19-14-20(31)16-23(32)27(19)38-3/h5-16,26H,4H2,1-3H3,(H,34,36)/b24-15-/t26-/m1/s1. The lowest BCUT2D eigenvalue weighted by Crippen LogP contribution is -2.40. The zero-order valence-electron chi connectivity index (χ0n) is 21.9. The first-order valence-electron chi connectivity index (χ1n) is 12.5. The van der Waals surface area contributed by atoms with Gasteiger partial charge in [-0.3, -0.25) is 14.2 Å². The maximum Gasteiger partial charge on any atom is 0.271 e. The number of carbonyl (C=O) groups is 1. The second-order valence-corrected chi connectivity index (χ2v) is 12.3. The van der Waals surface area contributed by atoms with Crippen LogP contribution in [0.4, 0.5) is 5.69 Å². The third-order valence-corrected chi connectivity index (χ3v) is 8.74. The number of hydrogen-bond acceptors (Lipinski definition) is 6. The highest BCUT2D eigenvalue weighted by molar-refractivity contribution is 14.1. The molecule has 0 saturated heterocycles. The van der Waals surface area contributed by atoms with Crippen molar-refractivity contribution in [3.8, 4) is 11.5 Å². The van der Waals surface area contributed by atoms with Crippen LogP contribution < -0.4 is 29.7 Å². The van der Waals surface area contributed by atoms with Crippen molar-refractivity contribution in [3.05, 3.63) is 116 Å². The summed E-state index contributed by atoms with van der Waals surface area (Å²) in [6.45, 7) is 4.27. The number of aromatic nitrogens is 1. The largest absolute Gasteiger partial charge is 0.495 e. The minimum atomic E-state index is -0.671. The molecule has 0 fully saturated rings. The minimum absolute atomic E-state index is 0.226. The lowest BCUT2D eigenvalue weighted by Gasteiger charge is -2.25. The van der Waals surface area contributed by atoms with E-state index in [1.807, 2.05) is 86.7 Å².